The number of hydrogen-bond donors (Lipinski definition) is 3. The Balaban J connectivity index is 1.68. The Morgan fingerprint density at radius 1 is 1.41 bits per heavy atom. The predicted molar refractivity (Wildman–Crippen MR) is 68.9 cm³/mol. The van der Waals surface area contributed by atoms with Crippen LogP contribution in [0.15, 0.2) is 0 Å². The van der Waals surface area contributed by atoms with Gasteiger partial charge in [-0.15, -0.1) is 0 Å². The Morgan fingerprint density at radius 2 is 2.29 bits per heavy atom. The molecule has 2 fully saturated rings. The topological polar surface area (TPSA) is 53.2 Å². The van der Waals surface area contributed by atoms with Crippen LogP contribution in [0.3, 0.4) is 0 Å². The van der Waals surface area contributed by atoms with E-state index in [2.05, 4.69) is 16.0 Å². The summed E-state index contributed by atoms with van der Waals surface area (Å²) < 4.78 is 0. The monoisotopic (exact) mass is 239 g/mol. The number of amides is 1. The van der Waals surface area contributed by atoms with E-state index in [0.29, 0.717) is 0 Å². The van der Waals surface area contributed by atoms with Crippen molar-refractivity contribution in [3.05, 3.63) is 0 Å². The van der Waals surface area contributed by atoms with Crippen molar-refractivity contribution in [3.63, 3.8) is 0 Å². The first-order chi connectivity index (χ1) is 8.21. The van der Waals surface area contributed by atoms with E-state index in [-0.39, 0.29) is 11.4 Å². The van der Waals surface area contributed by atoms with E-state index in [4.69, 9.17) is 0 Å². The van der Waals surface area contributed by atoms with E-state index >= 15 is 0 Å². The fourth-order valence-corrected chi connectivity index (χ4v) is 2.80. The third-order valence-corrected chi connectivity index (χ3v) is 4.12. The summed E-state index contributed by atoms with van der Waals surface area (Å²) in [7, 11) is 0. The number of rotatable bonds is 4. The van der Waals surface area contributed by atoms with Gasteiger partial charge in [0.2, 0.25) is 5.91 Å². The minimum absolute atomic E-state index is 0.183. The summed E-state index contributed by atoms with van der Waals surface area (Å²) in [4.78, 5) is 12.1. The van der Waals surface area contributed by atoms with Crippen LogP contribution in [0.2, 0.25) is 0 Å². The van der Waals surface area contributed by atoms with Gasteiger partial charge in [0.1, 0.15) is 0 Å². The van der Waals surface area contributed by atoms with Gasteiger partial charge < -0.3 is 16.0 Å². The van der Waals surface area contributed by atoms with Gasteiger partial charge in [-0.05, 0) is 64.6 Å². The molecule has 2 rings (SSSR count). The van der Waals surface area contributed by atoms with Crippen LogP contribution >= 0.6 is 0 Å². The Bertz CT molecular complexity index is 255. The van der Waals surface area contributed by atoms with Crippen LogP contribution in [0, 0.1) is 5.92 Å². The largest absolute Gasteiger partial charge is 0.354 e. The number of carbonyl (C=O) groups is 1. The molecule has 2 atom stereocenters. The molecule has 0 spiro atoms. The zero-order chi connectivity index (χ0) is 12.1. The second-order valence-electron chi connectivity index (χ2n) is 5.62. The van der Waals surface area contributed by atoms with Crippen LogP contribution in [0.25, 0.3) is 0 Å². The first kappa shape index (κ1) is 12.8. The number of carbonyl (C=O) groups excluding carboxylic acids is 1. The molecule has 4 heteroatoms. The summed E-state index contributed by atoms with van der Waals surface area (Å²) in [6.07, 6.45) is 5.67. The van der Waals surface area contributed by atoms with Crippen molar-refractivity contribution in [2.75, 3.05) is 26.2 Å². The van der Waals surface area contributed by atoms with Crippen LogP contribution in [-0.2, 0) is 4.79 Å². The normalized spacial score (nSPS) is 33.6. The highest BCUT2D eigenvalue weighted by atomic mass is 16.2. The van der Waals surface area contributed by atoms with Crippen molar-refractivity contribution in [1.82, 2.24) is 16.0 Å². The molecule has 98 valence electrons. The van der Waals surface area contributed by atoms with Crippen LogP contribution in [0.1, 0.15) is 39.0 Å². The van der Waals surface area contributed by atoms with E-state index in [1.54, 1.807) is 0 Å². The molecule has 3 N–H and O–H groups in total. The molecule has 2 saturated heterocycles. The molecule has 1 amide bonds. The molecule has 2 heterocycles. The van der Waals surface area contributed by atoms with Gasteiger partial charge >= 0.3 is 0 Å². The average Bonchev–Trinajstić information content (AvgIpc) is 2.83. The quantitative estimate of drug-likeness (QED) is 0.674. The molecule has 2 unspecified atom stereocenters. The molecular formula is C13H25N3O. The molecule has 4 nitrogen and oxygen atoms in total. The van der Waals surface area contributed by atoms with Gasteiger partial charge in [-0.25, -0.2) is 0 Å². The number of nitrogens with one attached hydrogen (secondary N) is 3. The number of hydrogen-bond acceptors (Lipinski definition) is 3. The Kier molecular flexibility index (Phi) is 4.40. The molecule has 0 aromatic heterocycles. The Hall–Kier alpha value is -0.610. The molecule has 0 aliphatic carbocycles. The van der Waals surface area contributed by atoms with Gasteiger partial charge in [-0.2, -0.15) is 0 Å². The molecule has 0 radical (unpaired) electrons. The van der Waals surface area contributed by atoms with Crippen LogP contribution < -0.4 is 16.0 Å². The first-order valence-corrected chi connectivity index (χ1v) is 6.95. The third kappa shape index (κ3) is 3.42. The zero-order valence-corrected chi connectivity index (χ0v) is 10.8. The van der Waals surface area contributed by atoms with Gasteiger partial charge in [0.05, 0.1) is 5.54 Å². The second-order valence-corrected chi connectivity index (χ2v) is 5.62. The lowest BCUT2D eigenvalue weighted by Crippen LogP contribution is -2.57. The highest BCUT2D eigenvalue weighted by Crippen LogP contribution is 2.19. The van der Waals surface area contributed by atoms with Crippen molar-refractivity contribution < 1.29 is 4.79 Å². The molecule has 0 saturated carbocycles. The van der Waals surface area contributed by atoms with E-state index in [0.717, 1.165) is 51.4 Å². The lowest BCUT2D eigenvalue weighted by Gasteiger charge is -2.33. The average molecular weight is 239 g/mol. The lowest BCUT2D eigenvalue weighted by molar-refractivity contribution is -0.127. The first-order valence-electron chi connectivity index (χ1n) is 6.95. The molecule has 0 aromatic rings. The fourth-order valence-electron chi connectivity index (χ4n) is 2.80. The van der Waals surface area contributed by atoms with E-state index in [1.807, 2.05) is 6.92 Å². The van der Waals surface area contributed by atoms with Crippen molar-refractivity contribution >= 4 is 5.91 Å². The summed E-state index contributed by atoms with van der Waals surface area (Å²) in [5, 5.41) is 9.80. The maximum atomic E-state index is 12.1. The van der Waals surface area contributed by atoms with Crippen molar-refractivity contribution in [3.8, 4) is 0 Å². The molecule has 2 aliphatic heterocycles. The molecule has 0 aromatic carbocycles. The minimum atomic E-state index is -0.327. The Labute approximate surface area is 104 Å². The van der Waals surface area contributed by atoms with Crippen LogP contribution in [-0.4, -0.2) is 37.6 Å². The van der Waals surface area contributed by atoms with Crippen molar-refractivity contribution in [1.29, 1.82) is 0 Å². The van der Waals surface area contributed by atoms with E-state index in [9.17, 15) is 4.79 Å². The van der Waals surface area contributed by atoms with Gasteiger partial charge in [0.25, 0.3) is 0 Å². The summed E-state index contributed by atoms with van der Waals surface area (Å²) in [6, 6.07) is 0. The van der Waals surface area contributed by atoms with Gasteiger partial charge in [-0.3, -0.25) is 4.79 Å². The highest BCUT2D eigenvalue weighted by Gasteiger charge is 2.33. The van der Waals surface area contributed by atoms with Gasteiger partial charge in [0, 0.05) is 6.54 Å². The van der Waals surface area contributed by atoms with Crippen LogP contribution in [0.4, 0.5) is 0 Å². The highest BCUT2D eigenvalue weighted by molar-refractivity contribution is 5.85. The SMILES string of the molecule is CC1(C(=O)NCCC2CCNC2)CCCCN1. The molecule has 17 heavy (non-hydrogen) atoms. The predicted octanol–water partition coefficient (Wildman–Crippen LogP) is 0.634. The lowest BCUT2D eigenvalue weighted by atomic mass is 9.90. The van der Waals surface area contributed by atoms with Crippen molar-refractivity contribution in [2.24, 2.45) is 5.92 Å². The summed E-state index contributed by atoms with van der Waals surface area (Å²) in [6.45, 7) is 6.07. The van der Waals surface area contributed by atoms with E-state index in [1.165, 1.54) is 12.8 Å². The maximum absolute atomic E-state index is 12.1. The van der Waals surface area contributed by atoms with E-state index < -0.39 is 0 Å². The van der Waals surface area contributed by atoms with Crippen molar-refractivity contribution in [2.45, 2.75) is 44.6 Å². The Morgan fingerprint density at radius 3 is 2.94 bits per heavy atom. The number of piperidine rings is 1. The summed E-state index contributed by atoms with van der Waals surface area (Å²) in [5.41, 5.74) is -0.327. The summed E-state index contributed by atoms with van der Waals surface area (Å²) >= 11 is 0. The minimum Gasteiger partial charge on any atom is -0.354 e. The smallest absolute Gasteiger partial charge is 0.240 e. The fraction of sp³-hybridized carbons (Fsp3) is 0.923. The summed E-state index contributed by atoms with van der Waals surface area (Å²) in [5.74, 6) is 0.936. The van der Waals surface area contributed by atoms with Crippen LogP contribution in [0.5, 0.6) is 0 Å². The van der Waals surface area contributed by atoms with Gasteiger partial charge in [0.15, 0.2) is 0 Å². The standard InChI is InChI=1S/C13H25N3O/c1-13(6-2-3-7-16-13)12(17)15-9-5-11-4-8-14-10-11/h11,14,16H,2-10H2,1H3,(H,15,17). The second kappa shape index (κ2) is 5.83. The molecule has 2 aliphatic rings. The molecule has 0 bridgehead atoms. The zero-order valence-electron chi connectivity index (χ0n) is 10.8. The molecular weight excluding hydrogens is 214 g/mol. The maximum Gasteiger partial charge on any atom is 0.240 e. The van der Waals surface area contributed by atoms with Gasteiger partial charge in [-0.1, -0.05) is 0 Å². The third-order valence-electron chi connectivity index (χ3n) is 4.12.